The van der Waals surface area contributed by atoms with Gasteiger partial charge in [0.1, 0.15) is 5.75 Å². The topological polar surface area (TPSA) is 95.1 Å². The van der Waals surface area contributed by atoms with Crippen LogP contribution in [0.15, 0.2) is 30.3 Å². The maximum Gasteiger partial charge on any atom is 0.279 e. The second kappa shape index (κ2) is 9.68. The summed E-state index contributed by atoms with van der Waals surface area (Å²) >= 11 is 0. The maximum absolute atomic E-state index is 12.5. The molecule has 0 fully saturated rings. The lowest BCUT2D eigenvalue weighted by Gasteiger charge is -2.18. The summed E-state index contributed by atoms with van der Waals surface area (Å²) < 4.78 is 21.4. The normalized spacial score (nSPS) is 11.2. The van der Waals surface area contributed by atoms with Crippen LogP contribution in [0.3, 0.4) is 0 Å². The third kappa shape index (κ3) is 5.10. The van der Waals surface area contributed by atoms with Crippen molar-refractivity contribution in [3.05, 3.63) is 47.0 Å². The Morgan fingerprint density at radius 1 is 0.862 bits per heavy atom. The van der Waals surface area contributed by atoms with E-state index in [0.29, 0.717) is 23.0 Å². The molecule has 0 saturated heterocycles. The molecule has 2 amide bonds. The third-order valence-electron chi connectivity index (χ3n) is 4.30. The van der Waals surface area contributed by atoms with Gasteiger partial charge in [0.25, 0.3) is 11.8 Å². The van der Waals surface area contributed by atoms with Crippen molar-refractivity contribution in [1.82, 2.24) is 10.9 Å². The number of rotatable bonds is 7. The van der Waals surface area contributed by atoms with Crippen LogP contribution < -0.4 is 29.8 Å². The van der Waals surface area contributed by atoms with E-state index in [1.807, 2.05) is 32.0 Å². The molecule has 0 bridgehead atoms. The van der Waals surface area contributed by atoms with Crippen LogP contribution in [-0.4, -0.2) is 39.2 Å². The van der Waals surface area contributed by atoms with Gasteiger partial charge in [0, 0.05) is 5.56 Å². The SMILES string of the molecule is COc1cc(C(=O)NNC(=O)[C@H](C)Oc2c(C)cccc2C)cc(OC)c1OC. The van der Waals surface area contributed by atoms with Crippen LogP contribution in [-0.2, 0) is 4.79 Å². The molecule has 1 atom stereocenters. The number of aryl methyl sites for hydroxylation is 2. The highest BCUT2D eigenvalue weighted by Crippen LogP contribution is 2.38. The van der Waals surface area contributed by atoms with Gasteiger partial charge in [-0.1, -0.05) is 18.2 Å². The summed E-state index contributed by atoms with van der Waals surface area (Å²) in [6, 6.07) is 8.69. The van der Waals surface area contributed by atoms with Crippen LogP contribution in [0, 0.1) is 13.8 Å². The van der Waals surface area contributed by atoms with Gasteiger partial charge in [0.2, 0.25) is 5.75 Å². The molecule has 2 N–H and O–H groups in total. The lowest BCUT2D eigenvalue weighted by atomic mass is 10.1. The lowest BCUT2D eigenvalue weighted by Crippen LogP contribution is -2.47. The summed E-state index contributed by atoms with van der Waals surface area (Å²) in [4.78, 5) is 24.8. The van der Waals surface area contributed by atoms with E-state index in [9.17, 15) is 9.59 Å². The molecule has 0 aliphatic carbocycles. The van der Waals surface area contributed by atoms with Crippen molar-refractivity contribution in [3.8, 4) is 23.0 Å². The molecule has 2 rings (SSSR count). The summed E-state index contributed by atoms with van der Waals surface area (Å²) in [6.07, 6.45) is -0.810. The molecular weight excluding hydrogens is 376 g/mol. The molecule has 8 heteroatoms. The summed E-state index contributed by atoms with van der Waals surface area (Å²) in [5.41, 5.74) is 6.80. The van der Waals surface area contributed by atoms with Crippen molar-refractivity contribution in [2.24, 2.45) is 0 Å². The minimum Gasteiger partial charge on any atom is -0.493 e. The summed E-state index contributed by atoms with van der Waals surface area (Å²) in [6.45, 7) is 5.41. The van der Waals surface area contributed by atoms with Gasteiger partial charge in [-0.15, -0.1) is 0 Å². The van der Waals surface area contributed by atoms with Crippen molar-refractivity contribution in [3.63, 3.8) is 0 Å². The largest absolute Gasteiger partial charge is 0.493 e. The summed E-state index contributed by atoms with van der Waals surface area (Å²) in [5, 5.41) is 0. The molecule has 2 aromatic rings. The van der Waals surface area contributed by atoms with Crippen LogP contribution in [0.5, 0.6) is 23.0 Å². The first-order valence-electron chi connectivity index (χ1n) is 8.95. The molecule has 0 heterocycles. The highest BCUT2D eigenvalue weighted by atomic mass is 16.5. The van der Waals surface area contributed by atoms with Crippen molar-refractivity contribution in [2.75, 3.05) is 21.3 Å². The Hall–Kier alpha value is -3.42. The van der Waals surface area contributed by atoms with Gasteiger partial charge in [-0.2, -0.15) is 0 Å². The van der Waals surface area contributed by atoms with Crippen LogP contribution >= 0.6 is 0 Å². The molecule has 8 nitrogen and oxygen atoms in total. The molecule has 0 aliphatic heterocycles. The smallest absolute Gasteiger partial charge is 0.279 e. The average molecular weight is 402 g/mol. The molecule has 0 unspecified atom stereocenters. The van der Waals surface area contributed by atoms with Crippen LogP contribution in [0.2, 0.25) is 0 Å². The highest BCUT2D eigenvalue weighted by molar-refractivity contribution is 5.97. The summed E-state index contributed by atoms with van der Waals surface area (Å²) in [7, 11) is 4.37. The number of carbonyl (C=O) groups is 2. The second-order valence-electron chi connectivity index (χ2n) is 6.34. The van der Waals surface area contributed by atoms with E-state index in [1.54, 1.807) is 6.92 Å². The van der Waals surface area contributed by atoms with E-state index in [0.717, 1.165) is 11.1 Å². The number of carbonyl (C=O) groups excluding carboxylic acids is 2. The zero-order valence-electron chi connectivity index (χ0n) is 17.4. The van der Waals surface area contributed by atoms with Crippen molar-refractivity contribution >= 4 is 11.8 Å². The quantitative estimate of drug-likeness (QED) is 0.691. The number of hydrazine groups is 1. The van der Waals surface area contributed by atoms with E-state index in [1.165, 1.54) is 33.5 Å². The van der Waals surface area contributed by atoms with Gasteiger partial charge in [-0.25, -0.2) is 0 Å². The predicted octanol–water partition coefficient (Wildman–Crippen LogP) is 2.56. The van der Waals surface area contributed by atoms with Crippen molar-refractivity contribution in [1.29, 1.82) is 0 Å². The fraction of sp³-hybridized carbons (Fsp3) is 0.333. The number of ether oxygens (including phenoxy) is 4. The molecule has 156 valence electrons. The number of hydrogen-bond donors (Lipinski definition) is 2. The molecule has 0 saturated carbocycles. The van der Waals surface area contributed by atoms with Crippen LogP contribution in [0.1, 0.15) is 28.4 Å². The minimum atomic E-state index is -0.810. The number of benzene rings is 2. The van der Waals surface area contributed by atoms with E-state index >= 15 is 0 Å². The first-order valence-corrected chi connectivity index (χ1v) is 8.95. The fourth-order valence-electron chi connectivity index (χ4n) is 2.72. The van der Waals surface area contributed by atoms with Gasteiger partial charge >= 0.3 is 0 Å². The van der Waals surface area contributed by atoms with E-state index in [2.05, 4.69) is 10.9 Å². The Morgan fingerprint density at radius 2 is 1.41 bits per heavy atom. The molecule has 0 aliphatic rings. The molecule has 0 radical (unpaired) electrons. The molecule has 0 spiro atoms. The zero-order valence-corrected chi connectivity index (χ0v) is 17.4. The highest BCUT2D eigenvalue weighted by Gasteiger charge is 2.20. The molecule has 2 aromatic carbocycles. The zero-order chi connectivity index (χ0) is 21.6. The fourth-order valence-corrected chi connectivity index (χ4v) is 2.72. The average Bonchev–Trinajstić information content (AvgIpc) is 2.72. The van der Waals surface area contributed by atoms with E-state index in [4.69, 9.17) is 18.9 Å². The Bertz CT molecular complexity index is 851. The number of methoxy groups -OCH3 is 3. The first kappa shape index (κ1) is 21.9. The first-order chi connectivity index (χ1) is 13.8. The van der Waals surface area contributed by atoms with Gasteiger partial charge in [-0.05, 0) is 44.0 Å². The number of amides is 2. The maximum atomic E-state index is 12.5. The van der Waals surface area contributed by atoms with E-state index in [-0.39, 0.29) is 5.56 Å². The van der Waals surface area contributed by atoms with Gasteiger partial charge in [0.15, 0.2) is 17.6 Å². The minimum absolute atomic E-state index is 0.225. The number of hydrogen-bond acceptors (Lipinski definition) is 6. The molecule has 0 aromatic heterocycles. The molecule has 29 heavy (non-hydrogen) atoms. The Labute approximate surface area is 170 Å². The Kier molecular flexibility index (Phi) is 7.30. The van der Waals surface area contributed by atoms with Crippen LogP contribution in [0.25, 0.3) is 0 Å². The molecular formula is C21H26N2O6. The van der Waals surface area contributed by atoms with Gasteiger partial charge in [-0.3, -0.25) is 20.4 Å². The Balaban J connectivity index is 2.05. The van der Waals surface area contributed by atoms with Crippen molar-refractivity contribution < 1.29 is 28.5 Å². The van der Waals surface area contributed by atoms with Crippen LogP contribution in [0.4, 0.5) is 0 Å². The standard InChI is InChI=1S/C21H26N2O6/c1-12-8-7-9-13(2)18(12)29-14(3)20(24)22-23-21(25)15-10-16(26-4)19(28-6)17(11-15)27-5/h7-11,14H,1-6H3,(H,22,24)(H,23,25)/t14-/m0/s1. The van der Waals surface area contributed by atoms with Gasteiger partial charge < -0.3 is 18.9 Å². The second-order valence-corrected chi connectivity index (χ2v) is 6.34. The van der Waals surface area contributed by atoms with Gasteiger partial charge in [0.05, 0.1) is 21.3 Å². The lowest BCUT2D eigenvalue weighted by molar-refractivity contribution is -0.128. The van der Waals surface area contributed by atoms with Crippen molar-refractivity contribution in [2.45, 2.75) is 26.9 Å². The third-order valence-corrected chi connectivity index (χ3v) is 4.30. The monoisotopic (exact) mass is 402 g/mol. The van der Waals surface area contributed by atoms with E-state index < -0.39 is 17.9 Å². The predicted molar refractivity (Wildman–Crippen MR) is 108 cm³/mol. The number of nitrogens with one attached hydrogen (secondary N) is 2. The number of para-hydroxylation sites is 1. The Morgan fingerprint density at radius 3 is 1.90 bits per heavy atom. The summed E-state index contributed by atoms with van der Waals surface area (Å²) in [5.74, 6) is 0.632.